The number of amides is 2. The molecule has 0 aliphatic rings. The molecule has 23 heavy (non-hydrogen) atoms. The average molecular weight is 322 g/mol. The number of aliphatic hydroxyl groups excluding tert-OH is 1. The maximum atomic E-state index is 13.2. The van der Waals surface area contributed by atoms with Crippen molar-refractivity contribution in [3.05, 3.63) is 54.1 Å². The number of benzene rings is 2. The maximum absolute atomic E-state index is 13.2. The van der Waals surface area contributed by atoms with Crippen molar-refractivity contribution >= 4 is 11.7 Å². The molecular weight excluding hydrogens is 306 g/mol. The predicted octanol–water partition coefficient (Wildman–Crippen LogP) is 3.26. The minimum atomic E-state index is -0.757. The average Bonchev–Trinajstić information content (AvgIpc) is 2.48. The fraction of sp³-hybridized carbons (Fsp3) is 0.188. The number of anilines is 1. The largest absolute Gasteiger partial charge is 0.455 e. The Hall–Kier alpha value is -2.67. The van der Waals surface area contributed by atoms with Gasteiger partial charge >= 0.3 is 6.03 Å². The van der Waals surface area contributed by atoms with E-state index in [0.717, 1.165) is 18.2 Å². The van der Waals surface area contributed by atoms with E-state index in [-0.39, 0.29) is 18.1 Å². The van der Waals surface area contributed by atoms with Crippen molar-refractivity contribution in [2.24, 2.45) is 0 Å². The molecule has 5 nitrogen and oxygen atoms in total. The van der Waals surface area contributed by atoms with E-state index in [2.05, 4.69) is 10.6 Å². The van der Waals surface area contributed by atoms with Crippen molar-refractivity contribution in [2.75, 3.05) is 18.5 Å². The molecule has 122 valence electrons. The molecule has 2 rings (SSSR count). The topological polar surface area (TPSA) is 70.6 Å². The molecule has 3 N–H and O–H groups in total. The summed E-state index contributed by atoms with van der Waals surface area (Å²) in [6.45, 7) is 0.297. The van der Waals surface area contributed by atoms with Crippen molar-refractivity contribution in [3.8, 4) is 11.5 Å². The number of hydrogen-bond acceptors (Lipinski definition) is 3. The van der Waals surface area contributed by atoms with Crippen LogP contribution in [0, 0.1) is 11.6 Å². The van der Waals surface area contributed by atoms with E-state index < -0.39 is 17.7 Å². The van der Waals surface area contributed by atoms with Gasteiger partial charge < -0.3 is 20.5 Å². The van der Waals surface area contributed by atoms with Crippen LogP contribution in [-0.4, -0.2) is 24.3 Å². The highest BCUT2D eigenvalue weighted by molar-refractivity contribution is 5.90. The predicted molar refractivity (Wildman–Crippen MR) is 81.6 cm³/mol. The van der Waals surface area contributed by atoms with Gasteiger partial charge in [0, 0.05) is 31.4 Å². The van der Waals surface area contributed by atoms with E-state index in [0.29, 0.717) is 18.7 Å². The second kappa shape index (κ2) is 8.09. The zero-order valence-electron chi connectivity index (χ0n) is 12.2. The van der Waals surface area contributed by atoms with Gasteiger partial charge in [-0.05, 0) is 18.6 Å². The number of para-hydroxylation sites is 2. The molecule has 0 saturated heterocycles. The minimum absolute atomic E-state index is 0.0163. The van der Waals surface area contributed by atoms with Gasteiger partial charge in [-0.25, -0.2) is 13.6 Å². The highest BCUT2D eigenvalue weighted by Gasteiger charge is 2.09. The zero-order valence-corrected chi connectivity index (χ0v) is 12.2. The Labute approximate surface area is 131 Å². The molecule has 0 spiro atoms. The molecule has 2 amide bonds. The van der Waals surface area contributed by atoms with Gasteiger partial charge in [-0.1, -0.05) is 12.1 Å². The second-order valence-electron chi connectivity index (χ2n) is 4.66. The summed E-state index contributed by atoms with van der Waals surface area (Å²) >= 11 is 0. The molecule has 0 saturated carbocycles. The molecule has 0 aliphatic heterocycles. The van der Waals surface area contributed by atoms with Gasteiger partial charge in [0.05, 0.1) is 5.69 Å². The summed E-state index contributed by atoms with van der Waals surface area (Å²) in [5.41, 5.74) is 0.346. The number of carbonyl (C=O) groups is 1. The standard InChI is InChI=1S/C16H16F2N2O3/c17-11-8-12(18)10-13(9-11)23-15-5-2-1-4-14(15)20-16(22)19-6-3-7-21/h1-2,4-5,8-10,21H,3,6-7H2,(H2,19,20,22). The lowest BCUT2D eigenvalue weighted by Crippen LogP contribution is -2.30. The molecule has 2 aromatic carbocycles. The van der Waals surface area contributed by atoms with Gasteiger partial charge in [0.15, 0.2) is 5.75 Å². The molecule has 0 atom stereocenters. The Kier molecular flexibility index (Phi) is 5.87. The van der Waals surface area contributed by atoms with Gasteiger partial charge in [-0.3, -0.25) is 0 Å². The van der Waals surface area contributed by atoms with Gasteiger partial charge in [0.2, 0.25) is 0 Å². The fourth-order valence-corrected chi connectivity index (χ4v) is 1.82. The Balaban J connectivity index is 2.09. The highest BCUT2D eigenvalue weighted by Crippen LogP contribution is 2.30. The summed E-state index contributed by atoms with van der Waals surface area (Å²) in [7, 11) is 0. The Morgan fingerprint density at radius 2 is 1.83 bits per heavy atom. The number of ether oxygens (including phenoxy) is 1. The SMILES string of the molecule is O=C(NCCCO)Nc1ccccc1Oc1cc(F)cc(F)c1. The number of carbonyl (C=O) groups excluding carboxylic acids is 1. The van der Waals surface area contributed by atoms with Crippen LogP contribution in [0.2, 0.25) is 0 Å². The van der Waals surface area contributed by atoms with E-state index in [1.807, 2.05) is 0 Å². The number of rotatable bonds is 6. The Bertz CT molecular complexity index is 660. The van der Waals surface area contributed by atoms with Crippen LogP contribution in [0.25, 0.3) is 0 Å². The molecule has 7 heteroatoms. The van der Waals surface area contributed by atoms with Gasteiger partial charge in [0.1, 0.15) is 17.4 Å². The lowest BCUT2D eigenvalue weighted by molar-refractivity contribution is 0.248. The molecule has 0 aliphatic carbocycles. The molecule has 0 unspecified atom stereocenters. The molecule has 0 bridgehead atoms. The number of aliphatic hydroxyl groups is 1. The van der Waals surface area contributed by atoms with E-state index in [9.17, 15) is 13.6 Å². The van der Waals surface area contributed by atoms with Gasteiger partial charge in [-0.15, -0.1) is 0 Å². The van der Waals surface area contributed by atoms with E-state index in [1.54, 1.807) is 24.3 Å². The quantitative estimate of drug-likeness (QED) is 0.715. The first-order valence-electron chi connectivity index (χ1n) is 6.97. The number of nitrogens with one attached hydrogen (secondary N) is 2. The minimum Gasteiger partial charge on any atom is -0.455 e. The van der Waals surface area contributed by atoms with Crippen molar-refractivity contribution < 1.29 is 23.4 Å². The van der Waals surface area contributed by atoms with Crippen LogP contribution in [-0.2, 0) is 0 Å². The maximum Gasteiger partial charge on any atom is 0.319 e. The van der Waals surface area contributed by atoms with Gasteiger partial charge in [0.25, 0.3) is 0 Å². The summed E-state index contributed by atoms with van der Waals surface area (Å²) in [4.78, 5) is 11.7. The number of urea groups is 1. The van der Waals surface area contributed by atoms with Crippen LogP contribution in [0.15, 0.2) is 42.5 Å². The first-order valence-corrected chi connectivity index (χ1v) is 6.97. The monoisotopic (exact) mass is 322 g/mol. The molecule has 0 aromatic heterocycles. The fourth-order valence-electron chi connectivity index (χ4n) is 1.82. The van der Waals surface area contributed by atoms with Crippen molar-refractivity contribution in [2.45, 2.75) is 6.42 Å². The third-order valence-electron chi connectivity index (χ3n) is 2.82. The normalized spacial score (nSPS) is 10.2. The molecular formula is C16H16F2N2O3. The summed E-state index contributed by atoms with van der Waals surface area (Å²) in [6, 6.07) is 8.86. The highest BCUT2D eigenvalue weighted by atomic mass is 19.1. The molecule has 0 heterocycles. The first kappa shape index (κ1) is 16.7. The molecule has 2 aromatic rings. The lowest BCUT2D eigenvalue weighted by atomic mass is 10.3. The summed E-state index contributed by atoms with van der Waals surface area (Å²) in [5.74, 6) is -1.29. The third kappa shape index (κ3) is 5.23. The Morgan fingerprint density at radius 1 is 1.13 bits per heavy atom. The zero-order chi connectivity index (χ0) is 16.7. The van der Waals surface area contributed by atoms with Crippen LogP contribution >= 0.6 is 0 Å². The lowest BCUT2D eigenvalue weighted by Gasteiger charge is -2.13. The van der Waals surface area contributed by atoms with Crippen LogP contribution in [0.4, 0.5) is 19.3 Å². The third-order valence-corrected chi connectivity index (χ3v) is 2.82. The number of hydrogen-bond donors (Lipinski definition) is 3. The van der Waals surface area contributed by atoms with E-state index >= 15 is 0 Å². The van der Waals surface area contributed by atoms with E-state index in [4.69, 9.17) is 9.84 Å². The van der Waals surface area contributed by atoms with Crippen molar-refractivity contribution in [1.29, 1.82) is 0 Å². The smallest absolute Gasteiger partial charge is 0.319 e. The summed E-state index contributed by atoms with van der Waals surface area (Å²) in [5, 5.41) is 13.8. The van der Waals surface area contributed by atoms with Crippen molar-refractivity contribution in [3.63, 3.8) is 0 Å². The van der Waals surface area contributed by atoms with Crippen LogP contribution in [0.3, 0.4) is 0 Å². The molecule has 0 fully saturated rings. The Morgan fingerprint density at radius 3 is 2.52 bits per heavy atom. The van der Waals surface area contributed by atoms with Crippen LogP contribution < -0.4 is 15.4 Å². The van der Waals surface area contributed by atoms with Gasteiger partial charge in [-0.2, -0.15) is 0 Å². The number of halogens is 2. The van der Waals surface area contributed by atoms with Crippen molar-refractivity contribution in [1.82, 2.24) is 5.32 Å². The second-order valence-corrected chi connectivity index (χ2v) is 4.66. The van der Waals surface area contributed by atoms with Crippen LogP contribution in [0.5, 0.6) is 11.5 Å². The molecule has 0 radical (unpaired) electrons. The summed E-state index contributed by atoms with van der Waals surface area (Å²) in [6.07, 6.45) is 0.439. The summed E-state index contributed by atoms with van der Waals surface area (Å²) < 4.78 is 31.8. The van der Waals surface area contributed by atoms with Crippen LogP contribution in [0.1, 0.15) is 6.42 Å². The van der Waals surface area contributed by atoms with E-state index in [1.165, 1.54) is 0 Å². The first-order chi connectivity index (χ1) is 11.1.